The van der Waals surface area contributed by atoms with Gasteiger partial charge in [-0.05, 0) is 7.05 Å². The number of amides is 1. The Hall–Kier alpha value is -0.110. The van der Waals surface area contributed by atoms with Gasteiger partial charge in [0.2, 0.25) is 5.91 Å². The van der Waals surface area contributed by atoms with Crippen LogP contribution in [0.1, 0.15) is 6.42 Å². The van der Waals surface area contributed by atoms with Gasteiger partial charge in [0.25, 0.3) is 0 Å². The van der Waals surface area contributed by atoms with Gasteiger partial charge in [-0.2, -0.15) is 0 Å². The SMILES string of the molecule is COCCN(C)CCNC(=O)CC1CNCCO1.Cl.Cl. The summed E-state index contributed by atoms with van der Waals surface area (Å²) < 4.78 is 10.5. The van der Waals surface area contributed by atoms with E-state index < -0.39 is 0 Å². The molecule has 0 radical (unpaired) electrons. The van der Waals surface area contributed by atoms with Crippen LogP contribution in [0, 0.1) is 0 Å². The summed E-state index contributed by atoms with van der Waals surface area (Å²) in [4.78, 5) is 13.8. The lowest BCUT2D eigenvalue weighted by Gasteiger charge is -2.23. The lowest BCUT2D eigenvalue weighted by Crippen LogP contribution is -2.42. The molecule has 8 heteroatoms. The monoisotopic (exact) mass is 331 g/mol. The topological polar surface area (TPSA) is 62.8 Å². The fourth-order valence-electron chi connectivity index (χ4n) is 1.77. The Labute approximate surface area is 133 Å². The van der Waals surface area contributed by atoms with E-state index in [0.717, 1.165) is 26.2 Å². The number of rotatable bonds is 8. The first-order valence-corrected chi connectivity index (χ1v) is 6.49. The fourth-order valence-corrected chi connectivity index (χ4v) is 1.77. The Bertz CT molecular complexity index is 242. The number of hydrogen-bond acceptors (Lipinski definition) is 5. The maximum atomic E-state index is 11.6. The van der Waals surface area contributed by atoms with Crippen LogP contribution in [0.25, 0.3) is 0 Å². The molecule has 2 N–H and O–H groups in total. The summed E-state index contributed by atoms with van der Waals surface area (Å²) in [6, 6.07) is 0. The van der Waals surface area contributed by atoms with Crippen LogP contribution in [0.15, 0.2) is 0 Å². The number of carbonyl (C=O) groups excluding carboxylic acids is 1. The summed E-state index contributed by atoms with van der Waals surface area (Å²) in [6.45, 7) is 5.42. The molecule has 1 saturated heterocycles. The van der Waals surface area contributed by atoms with Crippen LogP contribution >= 0.6 is 24.8 Å². The molecular formula is C12H27Cl2N3O3. The van der Waals surface area contributed by atoms with Crippen molar-refractivity contribution in [1.29, 1.82) is 0 Å². The van der Waals surface area contributed by atoms with E-state index in [2.05, 4.69) is 15.5 Å². The van der Waals surface area contributed by atoms with Crippen LogP contribution in [0.3, 0.4) is 0 Å². The molecule has 1 aliphatic heterocycles. The molecule has 0 aromatic heterocycles. The van der Waals surface area contributed by atoms with Crippen LogP contribution < -0.4 is 10.6 Å². The maximum Gasteiger partial charge on any atom is 0.222 e. The summed E-state index contributed by atoms with van der Waals surface area (Å²) in [5.74, 6) is 0.0591. The smallest absolute Gasteiger partial charge is 0.222 e. The second-order valence-corrected chi connectivity index (χ2v) is 4.55. The first-order chi connectivity index (χ1) is 8.72. The molecule has 0 aromatic carbocycles. The van der Waals surface area contributed by atoms with Crippen LogP contribution in [-0.2, 0) is 14.3 Å². The average Bonchev–Trinajstić information content (AvgIpc) is 2.37. The Morgan fingerprint density at radius 1 is 1.45 bits per heavy atom. The van der Waals surface area contributed by atoms with Crippen molar-refractivity contribution in [3.8, 4) is 0 Å². The number of morpholine rings is 1. The van der Waals surface area contributed by atoms with Gasteiger partial charge in [-0.3, -0.25) is 4.79 Å². The molecule has 0 saturated carbocycles. The quantitative estimate of drug-likeness (QED) is 0.650. The molecule has 0 spiro atoms. The van der Waals surface area contributed by atoms with Gasteiger partial charge in [-0.15, -0.1) is 24.8 Å². The molecule has 1 fully saturated rings. The minimum Gasteiger partial charge on any atom is -0.383 e. The molecule has 0 aromatic rings. The van der Waals surface area contributed by atoms with Crippen LogP contribution in [-0.4, -0.2) is 77.0 Å². The number of methoxy groups -OCH3 is 1. The molecule has 1 rings (SSSR count). The van der Waals surface area contributed by atoms with Crippen molar-refractivity contribution < 1.29 is 14.3 Å². The third-order valence-corrected chi connectivity index (χ3v) is 2.91. The van der Waals surface area contributed by atoms with E-state index in [1.807, 2.05) is 7.05 Å². The molecule has 1 unspecified atom stereocenters. The normalized spacial score (nSPS) is 18.1. The molecule has 20 heavy (non-hydrogen) atoms. The summed E-state index contributed by atoms with van der Waals surface area (Å²) in [7, 11) is 3.70. The zero-order valence-corrected chi connectivity index (χ0v) is 13.9. The lowest BCUT2D eigenvalue weighted by atomic mass is 10.2. The van der Waals surface area contributed by atoms with E-state index in [0.29, 0.717) is 26.2 Å². The van der Waals surface area contributed by atoms with Crippen molar-refractivity contribution in [2.24, 2.45) is 0 Å². The van der Waals surface area contributed by atoms with Crippen LogP contribution in [0.2, 0.25) is 0 Å². The van der Waals surface area contributed by atoms with Gasteiger partial charge in [-0.1, -0.05) is 0 Å². The van der Waals surface area contributed by atoms with Gasteiger partial charge < -0.3 is 25.0 Å². The number of nitrogens with one attached hydrogen (secondary N) is 2. The molecule has 1 aliphatic rings. The van der Waals surface area contributed by atoms with E-state index in [-0.39, 0.29) is 36.8 Å². The van der Waals surface area contributed by atoms with Gasteiger partial charge in [0, 0.05) is 39.8 Å². The molecule has 1 amide bonds. The predicted octanol–water partition coefficient (Wildman–Crippen LogP) is -0.0971. The minimum absolute atomic E-state index is 0. The first kappa shape index (κ1) is 22.2. The number of nitrogens with zero attached hydrogens (tertiary/aromatic N) is 1. The highest BCUT2D eigenvalue weighted by Gasteiger charge is 2.16. The highest BCUT2D eigenvalue weighted by molar-refractivity contribution is 5.85. The maximum absolute atomic E-state index is 11.6. The summed E-state index contributed by atoms with van der Waals surface area (Å²) >= 11 is 0. The fraction of sp³-hybridized carbons (Fsp3) is 0.917. The highest BCUT2D eigenvalue weighted by Crippen LogP contribution is 2.00. The summed E-state index contributed by atoms with van der Waals surface area (Å²) in [5.41, 5.74) is 0. The largest absolute Gasteiger partial charge is 0.383 e. The molecule has 122 valence electrons. The van der Waals surface area contributed by atoms with Gasteiger partial charge in [0.1, 0.15) is 0 Å². The highest BCUT2D eigenvalue weighted by atomic mass is 35.5. The molecule has 1 heterocycles. The van der Waals surface area contributed by atoms with Crippen LogP contribution in [0.4, 0.5) is 0 Å². The number of hydrogen-bond donors (Lipinski definition) is 2. The van der Waals surface area contributed by atoms with Gasteiger partial charge in [0.15, 0.2) is 0 Å². The third kappa shape index (κ3) is 10.7. The third-order valence-electron chi connectivity index (χ3n) is 2.91. The van der Waals surface area contributed by atoms with Gasteiger partial charge in [0.05, 0.1) is 25.7 Å². The Kier molecular flexibility index (Phi) is 15.4. The van der Waals surface area contributed by atoms with Crippen molar-refractivity contribution in [3.63, 3.8) is 0 Å². The number of halogens is 2. The first-order valence-electron chi connectivity index (χ1n) is 6.49. The lowest BCUT2D eigenvalue weighted by molar-refractivity contribution is -0.124. The van der Waals surface area contributed by atoms with Gasteiger partial charge >= 0.3 is 0 Å². The van der Waals surface area contributed by atoms with E-state index in [9.17, 15) is 4.79 Å². The molecule has 0 bridgehead atoms. The second-order valence-electron chi connectivity index (χ2n) is 4.55. The molecule has 0 aliphatic carbocycles. The van der Waals surface area contributed by atoms with Crippen molar-refractivity contribution >= 4 is 30.7 Å². The Balaban J connectivity index is 0. The minimum atomic E-state index is 0. The van der Waals surface area contributed by atoms with E-state index in [1.165, 1.54) is 0 Å². The van der Waals surface area contributed by atoms with E-state index in [1.54, 1.807) is 7.11 Å². The number of likely N-dealkylation sites (N-methyl/N-ethyl adjacent to an activating group) is 1. The summed E-state index contributed by atoms with van der Waals surface area (Å²) in [5, 5.41) is 6.12. The van der Waals surface area contributed by atoms with E-state index in [4.69, 9.17) is 9.47 Å². The molecule has 6 nitrogen and oxygen atoms in total. The molecular weight excluding hydrogens is 305 g/mol. The van der Waals surface area contributed by atoms with Crippen molar-refractivity contribution in [3.05, 3.63) is 0 Å². The van der Waals surface area contributed by atoms with E-state index >= 15 is 0 Å². The zero-order valence-electron chi connectivity index (χ0n) is 12.2. The Morgan fingerprint density at radius 2 is 2.20 bits per heavy atom. The number of carbonyl (C=O) groups is 1. The van der Waals surface area contributed by atoms with Crippen molar-refractivity contribution in [2.45, 2.75) is 12.5 Å². The van der Waals surface area contributed by atoms with Gasteiger partial charge in [-0.25, -0.2) is 0 Å². The standard InChI is InChI=1S/C12H25N3O3.2ClH/c1-15(6-8-17-2)5-3-14-12(16)9-11-10-13-4-7-18-11;;/h11,13H,3-10H2,1-2H3,(H,14,16);2*1H. The van der Waals surface area contributed by atoms with Crippen molar-refractivity contribution in [2.75, 3.05) is 60.1 Å². The second kappa shape index (κ2) is 13.9. The van der Waals surface area contributed by atoms with Crippen LogP contribution in [0.5, 0.6) is 0 Å². The Morgan fingerprint density at radius 3 is 2.80 bits per heavy atom. The molecule has 1 atom stereocenters. The number of ether oxygens (including phenoxy) is 2. The average molecular weight is 332 g/mol. The van der Waals surface area contributed by atoms with Crippen molar-refractivity contribution in [1.82, 2.24) is 15.5 Å². The predicted molar refractivity (Wildman–Crippen MR) is 84.1 cm³/mol. The summed E-state index contributed by atoms with van der Waals surface area (Å²) in [6.07, 6.45) is 0.458. The zero-order chi connectivity index (χ0) is 13.2.